The molecular weight excluding hydrogens is 460 g/mol. The second kappa shape index (κ2) is 11.4. The topological polar surface area (TPSA) is 67.9 Å². The van der Waals surface area contributed by atoms with Crippen molar-refractivity contribution in [3.8, 4) is 11.5 Å². The molecule has 0 aliphatic carbocycles. The predicted molar refractivity (Wildman–Crippen MR) is 138 cm³/mol. The highest BCUT2D eigenvalue weighted by Gasteiger charge is 2.30. The van der Waals surface area contributed by atoms with Crippen molar-refractivity contribution in [1.29, 1.82) is 0 Å². The zero-order valence-electron chi connectivity index (χ0n) is 20.5. The highest BCUT2D eigenvalue weighted by atomic mass is 32.1. The maximum absolute atomic E-state index is 13.3. The summed E-state index contributed by atoms with van der Waals surface area (Å²) in [6.45, 7) is 3.20. The summed E-state index contributed by atoms with van der Waals surface area (Å²) >= 11 is 1.64. The van der Waals surface area contributed by atoms with Gasteiger partial charge in [-0.25, -0.2) is 0 Å². The molecule has 2 heterocycles. The molecule has 4 rings (SSSR count). The average molecular weight is 493 g/mol. The maximum atomic E-state index is 13.3. The standard InChI is InChI=1S/C28H32N2O4S/c1-4-19-7-9-20(10-8-19)26(25-6-5-15-35-25)29-27(31)21-11-13-30(14-12-21)28(32)22-16-23(33-2)18-24(17-22)34-3/h5-10,15-18,21,26H,4,11-14H2,1-3H3,(H,29,31). The number of hydrogen-bond donors (Lipinski definition) is 1. The van der Waals surface area contributed by atoms with Gasteiger partial charge in [0.2, 0.25) is 5.91 Å². The van der Waals surface area contributed by atoms with E-state index in [1.165, 1.54) is 5.56 Å². The normalized spacial score (nSPS) is 14.9. The number of likely N-dealkylation sites (tertiary alicyclic amines) is 1. The number of carbonyl (C=O) groups is 2. The number of nitrogens with one attached hydrogen (secondary N) is 1. The van der Waals surface area contributed by atoms with Gasteiger partial charge in [-0.3, -0.25) is 9.59 Å². The number of aryl methyl sites for hydroxylation is 1. The first-order chi connectivity index (χ1) is 17.0. The van der Waals surface area contributed by atoms with Gasteiger partial charge in [-0.1, -0.05) is 37.3 Å². The summed E-state index contributed by atoms with van der Waals surface area (Å²) in [5, 5.41) is 5.32. The quantitative estimate of drug-likeness (QED) is 0.476. The Labute approximate surface area is 210 Å². The summed E-state index contributed by atoms with van der Waals surface area (Å²) < 4.78 is 10.6. The number of rotatable bonds is 8. The van der Waals surface area contributed by atoms with E-state index in [1.54, 1.807) is 48.7 Å². The van der Waals surface area contributed by atoms with Crippen molar-refractivity contribution in [2.24, 2.45) is 5.92 Å². The molecule has 2 aromatic carbocycles. The highest BCUT2D eigenvalue weighted by Crippen LogP contribution is 2.29. The van der Waals surface area contributed by atoms with E-state index in [9.17, 15) is 9.59 Å². The van der Waals surface area contributed by atoms with Crippen LogP contribution in [-0.2, 0) is 11.2 Å². The van der Waals surface area contributed by atoms with Gasteiger partial charge in [0, 0.05) is 35.5 Å². The first kappa shape index (κ1) is 24.8. The molecule has 0 bridgehead atoms. The van der Waals surface area contributed by atoms with Crippen molar-refractivity contribution in [3.63, 3.8) is 0 Å². The van der Waals surface area contributed by atoms with Crippen LogP contribution in [0.2, 0.25) is 0 Å². The molecule has 0 saturated carbocycles. The van der Waals surface area contributed by atoms with Crippen LogP contribution in [0, 0.1) is 5.92 Å². The lowest BCUT2D eigenvalue weighted by Crippen LogP contribution is -2.43. The number of nitrogens with zero attached hydrogens (tertiary/aromatic N) is 1. The summed E-state index contributed by atoms with van der Waals surface area (Å²) in [6, 6.07) is 17.5. The van der Waals surface area contributed by atoms with Gasteiger partial charge in [0.1, 0.15) is 11.5 Å². The summed E-state index contributed by atoms with van der Waals surface area (Å²) in [5.74, 6) is 0.991. The third-order valence-electron chi connectivity index (χ3n) is 6.59. The third kappa shape index (κ3) is 5.85. The van der Waals surface area contributed by atoms with Crippen LogP contribution in [0.25, 0.3) is 0 Å². The molecule has 2 amide bonds. The maximum Gasteiger partial charge on any atom is 0.254 e. The van der Waals surface area contributed by atoms with Gasteiger partial charge in [0.05, 0.1) is 20.3 Å². The zero-order chi connectivity index (χ0) is 24.8. The lowest BCUT2D eigenvalue weighted by Gasteiger charge is -2.32. The minimum Gasteiger partial charge on any atom is -0.497 e. The Morgan fingerprint density at radius 2 is 1.69 bits per heavy atom. The van der Waals surface area contributed by atoms with Crippen LogP contribution >= 0.6 is 11.3 Å². The van der Waals surface area contributed by atoms with E-state index in [0.717, 1.165) is 16.9 Å². The molecule has 1 atom stereocenters. The molecule has 7 heteroatoms. The molecule has 3 aromatic rings. The minimum absolute atomic E-state index is 0.0399. The first-order valence-electron chi connectivity index (χ1n) is 12.0. The number of ether oxygens (including phenoxy) is 2. The molecular formula is C28H32N2O4S. The SMILES string of the molecule is CCc1ccc(C(NC(=O)C2CCN(C(=O)c3cc(OC)cc(OC)c3)CC2)c2cccs2)cc1. The Kier molecular flexibility index (Phi) is 8.08. The van der Waals surface area contributed by atoms with Gasteiger partial charge in [-0.05, 0) is 54.0 Å². The summed E-state index contributed by atoms with van der Waals surface area (Å²) in [6.07, 6.45) is 2.24. The third-order valence-corrected chi connectivity index (χ3v) is 7.52. The van der Waals surface area contributed by atoms with Crippen molar-refractivity contribution in [1.82, 2.24) is 10.2 Å². The van der Waals surface area contributed by atoms with Gasteiger partial charge >= 0.3 is 0 Å². The van der Waals surface area contributed by atoms with Gasteiger partial charge in [-0.2, -0.15) is 0 Å². The smallest absolute Gasteiger partial charge is 0.254 e. The number of carbonyl (C=O) groups excluding carboxylic acids is 2. The second-order valence-corrected chi connectivity index (χ2v) is 9.70. The molecule has 0 spiro atoms. The number of benzene rings is 2. The lowest BCUT2D eigenvalue weighted by atomic mass is 9.94. The number of piperidine rings is 1. The van der Waals surface area contributed by atoms with Crippen LogP contribution in [0.15, 0.2) is 60.0 Å². The largest absolute Gasteiger partial charge is 0.497 e. The summed E-state index contributed by atoms with van der Waals surface area (Å²) in [7, 11) is 3.13. The van der Waals surface area contributed by atoms with E-state index >= 15 is 0 Å². The van der Waals surface area contributed by atoms with Gasteiger partial charge in [-0.15, -0.1) is 11.3 Å². The predicted octanol–water partition coefficient (Wildman–Crippen LogP) is 5.09. The fraction of sp³-hybridized carbons (Fsp3) is 0.357. The van der Waals surface area contributed by atoms with Crippen molar-refractivity contribution >= 4 is 23.2 Å². The van der Waals surface area contributed by atoms with Crippen LogP contribution < -0.4 is 14.8 Å². The molecule has 1 aliphatic rings. The number of amides is 2. The van der Waals surface area contributed by atoms with Crippen molar-refractivity contribution in [2.75, 3.05) is 27.3 Å². The van der Waals surface area contributed by atoms with Gasteiger partial charge < -0.3 is 19.7 Å². The van der Waals surface area contributed by atoms with Crippen LogP contribution in [0.3, 0.4) is 0 Å². The van der Waals surface area contributed by atoms with Gasteiger partial charge in [0.25, 0.3) is 5.91 Å². The molecule has 1 unspecified atom stereocenters. The fourth-order valence-electron chi connectivity index (χ4n) is 4.44. The minimum atomic E-state index is -0.169. The van der Waals surface area contributed by atoms with E-state index in [-0.39, 0.29) is 23.8 Å². The van der Waals surface area contributed by atoms with E-state index in [0.29, 0.717) is 43.0 Å². The number of thiophene rings is 1. The summed E-state index contributed by atoms with van der Waals surface area (Å²) in [4.78, 5) is 29.3. The molecule has 1 aromatic heterocycles. The average Bonchev–Trinajstić information content (AvgIpc) is 3.45. The first-order valence-corrected chi connectivity index (χ1v) is 12.8. The van der Waals surface area contributed by atoms with E-state index in [2.05, 4.69) is 42.6 Å². The molecule has 1 saturated heterocycles. The highest BCUT2D eigenvalue weighted by molar-refractivity contribution is 7.10. The van der Waals surface area contributed by atoms with Crippen molar-refractivity contribution < 1.29 is 19.1 Å². The Hall–Kier alpha value is -3.32. The van der Waals surface area contributed by atoms with E-state index in [1.807, 2.05) is 11.4 Å². The number of methoxy groups -OCH3 is 2. The Bertz CT molecular complexity index is 1110. The molecule has 6 nitrogen and oxygen atoms in total. The molecule has 1 aliphatic heterocycles. The zero-order valence-corrected chi connectivity index (χ0v) is 21.3. The van der Waals surface area contributed by atoms with E-state index < -0.39 is 0 Å². The monoisotopic (exact) mass is 492 g/mol. The van der Waals surface area contributed by atoms with Crippen LogP contribution in [-0.4, -0.2) is 44.0 Å². The Morgan fingerprint density at radius 3 is 2.23 bits per heavy atom. The van der Waals surface area contributed by atoms with Crippen LogP contribution in [0.1, 0.15) is 52.2 Å². The summed E-state index contributed by atoms with van der Waals surface area (Å²) in [5.41, 5.74) is 2.88. The van der Waals surface area contributed by atoms with Crippen LogP contribution in [0.5, 0.6) is 11.5 Å². The molecule has 35 heavy (non-hydrogen) atoms. The fourth-order valence-corrected chi connectivity index (χ4v) is 5.24. The molecule has 1 N–H and O–H groups in total. The Morgan fingerprint density at radius 1 is 1.03 bits per heavy atom. The molecule has 184 valence electrons. The molecule has 1 fully saturated rings. The van der Waals surface area contributed by atoms with Crippen LogP contribution in [0.4, 0.5) is 0 Å². The van der Waals surface area contributed by atoms with Crippen molar-refractivity contribution in [2.45, 2.75) is 32.2 Å². The molecule has 0 radical (unpaired) electrons. The number of hydrogen-bond acceptors (Lipinski definition) is 5. The second-order valence-electron chi connectivity index (χ2n) is 8.72. The lowest BCUT2D eigenvalue weighted by molar-refractivity contribution is -0.126. The van der Waals surface area contributed by atoms with Gasteiger partial charge in [0.15, 0.2) is 0 Å². The Balaban J connectivity index is 1.41. The van der Waals surface area contributed by atoms with Crippen molar-refractivity contribution in [3.05, 3.63) is 81.5 Å². The van der Waals surface area contributed by atoms with E-state index in [4.69, 9.17) is 9.47 Å².